The molecule has 0 unspecified atom stereocenters. The van der Waals surface area contributed by atoms with Crippen molar-refractivity contribution in [3.8, 4) is 0 Å². The Kier molecular flexibility index (Phi) is 4.27. The number of furan rings is 1. The molecule has 0 aliphatic rings. The molecule has 0 bridgehead atoms. The van der Waals surface area contributed by atoms with Crippen LogP contribution in [0.15, 0.2) is 40.8 Å². The van der Waals surface area contributed by atoms with Crippen LogP contribution in [-0.2, 0) is 19.7 Å². The first-order valence-corrected chi connectivity index (χ1v) is 5.81. The Morgan fingerprint density at radius 3 is 2.68 bits per heavy atom. The van der Waals surface area contributed by atoms with Crippen molar-refractivity contribution in [2.75, 3.05) is 0 Å². The van der Waals surface area contributed by atoms with Crippen LogP contribution in [0.2, 0.25) is 0 Å². The number of nitro benzene ring substituents is 1. The molecule has 1 heterocycles. The average Bonchev–Trinajstić information content (AvgIpc) is 2.87. The molecule has 2 N–H and O–H groups in total. The van der Waals surface area contributed by atoms with Gasteiger partial charge in [0.1, 0.15) is 18.1 Å². The molecule has 0 atom stereocenters. The minimum Gasteiger partial charge on any atom is -0.462 e. The van der Waals surface area contributed by atoms with Gasteiger partial charge in [-0.1, -0.05) is 12.1 Å². The molecule has 1 aromatic heterocycles. The predicted molar refractivity (Wildman–Crippen MR) is 68.3 cm³/mol. The standard InChI is InChI=1S/C13H14N2O4/c16-9-13-5-4-12(19-13)8-14-7-10-2-1-3-11(6-10)15(17)18/h1-6,14,16H,7-9H2. The molecule has 0 saturated heterocycles. The summed E-state index contributed by atoms with van der Waals surface area (Å²) in [6, 6.07) is 9.97. The van der Waals surface area contributed by atoms with E-state index in [1.165, 1.54) is 12.1 Å². The van der Waals surface area contributed by atoms with Crippen molar-refractivity contribution in [3.63, 3.8) is 0 Å². The van der Waals surface area contributed by atoms with Crippen molar-refractivity contribution in [3.05, 3.63) is 63.6 Å². The van der Waals surface area contributed by atoms with E-state index in [9.17, 15) is 10.1 Å². The van der Waals surface area contributed by atoms with Crippen molar-refractivity contribution >= 4 is 5.69 Å². The van der Waals surface area contributed by atoms with Crippen LogP contribution in [0.3, 0.4) is 0 Å². The van der Waals surface area contributed by atoms with E-state index in [1.807, 2.05) is 6.07 Å². The van der Waals surface area contributed by atoms with Crippen LogP contribution < -0.4 is 5.32 Å². The van der Waals surface area contributed by atoms with Crippen molar-refractivity contribution in [2.45, 2.75) is 19.7 Å². The van der Waals surface area contributed by atoms with Crippen LogP contribution in [0, 0.1) is 10.1 Å². The van der Waals surface area contributed by atoms with Gasteiger partial charge in [-0.05, 0) is 17.7 Å². The van der Waals surface area contributed by atoms with E-state index in [-0.39, 0.29) is 12.3 Å². The Balaban J connectivity index is 1.88. The summed E-state index contributed by atoms with van der Waals surface area (Å²) >= 11 is 0. The second-order valence-corrected chi connectivity index (χ2v) is 4.06. The number of aliphatic hydroxyl groups excluding tert-OH is 1. The number of nitro groups is 1. The summed E-state index contributed by atoms with van der Waals surface area (Å²) < 4.78 is 5.31. The lowest BCUT2D eigenvalue weighted by molar-refractivity contribution is -0.384. The number of non-ortho nitro benzene ring substituents is 1. The molecule has 6 nitrogen and oxygen atoms in total. The Bertz CT molecular complexity index is 565. The molecule has 1 aromatic carbocycles. The van der Waals surface area contributed by atoms with Gasteiger partial charge in [0.05, 0.1) is 11.5 Å². The number of hydrogen-bond acceptors (Lipinski definition) is 5. The summed E-state index contributed by atoms with van der Waals surface area (Å²) in [5.41, 5.74) is 0.919. The minimum absolute atomic E-state index is 0.0832. The smallest absolute Gasteiger partial charge is 0.269 e. The molecule has 2 rings (SSSR count). The van der Waals surface area contributed by atoms with E-state index < -0.39 is 4.92 Å². The van der Waals surface area contributed by atoms with Crippen LogP contribution in [-0.4, -0.2) is 10.0 Å². The quantitative estimate of drug-likeness (QED) is 0.613. The van der Waals surface area contributed by atoms with Gasteiger partial charge in [0.15, 0.2) is 0 Å². The van der Waals surface area contributed by atoms with Crippen molar-refractivity contribution < 1.29 is 14.4 Å². The van der Waals surface area contributed by atoms with Crippen LogP contribution >= 0.6 is 0 Å². The fourth-order valence-electron chi connectivity index (χ4n) is 1.71. The lowest BCUT2D eigenvalue weighted by Gasteiger charge is -2.03. The van der Waals surface area contributed by atoms with Gasteiger partial charge < -0.3 is 14.8 Å². The van der Waals surface area contributed by atoms with E-state index in [1.54, 1.807) is 18.2 Å². The number of aliphatic hydroxyl groups is 1. The van der Waals surface area contributed by atoms with E-state index in [0.717, 1.165) is 11.3 Å². The first kappa shape index (κ1) is 13.3. The third-order valence-electron chi connectivity index (χ3n) is 2.62. The van der Waals surface area contributed by atoms with Gasteiger partial charge in [0, 0.05) is 18.7 Å². The maximum absolute atomic E-state index is 10.6. The average molecular weight is 262 g/mol. The molecule has 0 aliphatic heterocycles. The van der Waals surface area contributed by atoms with Gasteiger partial charge >= 0.3 is 0 Å². The molecule has 2 aromatic rings. The number of nitrogens with zero attached hydrogens (tertiary/aromatic N) is 1. The third-order valence-corrected chi connectivity index (χ3v) is 2.62. The second-order valence-electron chi connectivity index (χ2n) is 4.06. The minimum atomic E-state index is -0.413. The van der Waals surface area contributed by atoms with E-state index in [2.05, 4.69) is 5.32 Å². The molecule has 100 valence electrons. The highest BCUT2D eigenvalue weighted by Crippen LogP contribution is 2.13. The van der Waals surface area contributed by atoms with Gasteiger partial charge in [-0.3, -0.25) is 10.1 Å². The zero-order valence-electron chi connectivity index (χ0n) is 10.2. The van der Waals surface area contributed by atoms with E-state index in [0.29, 0.717) is 18.8 Å². The SMILES string of the molecule is O=[N+]([O-])c1cccc(CNCc2ccc(CO)o2)c1. The molecule has 19 heavy (non-hydrogen) atoms. The zero-order chi connectivity index (χ0) is 13.7. The monoisotopic (exact) mass is 262 g/mol. The summed E-state index contributed by atoms with van der Waals surface area (Å²) in [7, 11) is 0. The molecule has 0 amide bonds. The molecular weight excluding hydrogens is 248 g/mol. The number of hydrogen-bond donors (Lipinski definition) is 2. The highest BCUT2D eigenvalue weighted by molar-refractivity contribution is 5.34. The molecule has 0 spiro atoms. The van der Waals surface area contributed by atoms with Gasteiger partial charge in [-0.15, -0.1) is 0 Å². The summed E-state index contributed by atoms with van der Waals surface area (Å²) in [6.07, 6.45) is 0. The maximum atomic E-state index is 10.6. The Hall–Kier alpha value is -2.18. The van der Waals surface area contributed by atoms with Crippen LogP contribution in [0.1, 0.15) is 17.1 Å². The van der Waals surface area contributed by atoms with E-state index >= 15 is 0 Å². The van der Waals surface area contributed by atoms with Gasteiger partial charge in [0.2, 0.25) is 0 Å². The largest absolute Gasteiger partial charge is 0.462 e. The fourth-order valence-corrected chi connectivity index (χ4v) is 1.71. The molecule has 0 fully saturated rings. The van der Waals surface area contributed by atoms with Crippen molar-refractivity contribution in [1.82, 2.24) is 5.32 Å². The van der Waals surface area contributed by atoms with E-state index in [4.69, 9.17) is 9.52 Å². The van der Waals surface area contributed by atoms with Gasteiger partial charge in [0.25, 0.3) is 5.69 Å². The predicted octanol–water partition coefficient (Wildman–Crippen LogP) is 1.97. The van der Waals surface area contributed by atoms with Crippen molar-refractivity contribution in [1.29, 1.82) is 0 Å². The second kappa shape index (κ2) is 6.12. The maximum Gasteiger partial charge on any atom is 0.269 e. The molecule has 0 aliphatic carbocycles. The van der Waals surface area contributed by atoms with Crippen molar-refractivity contribution in [2.24, 2.45) is 0 Å². The topological polar surface area (TPSA) is 88.5 Å². The lowest BCUT2D eigenvalue weighted by atomic mass is 10.2. The van der Waals surface area contributed by atoms with Crippen LogP contribution in [0.4, 0.5) is 5.69 Å². The Morgan fingerprint density at radius 2 is 2.00 bits per heavy atom. The number of rotatable bonds is 6. The van der Waals surface area contributed by atoms with Gasteiger partial charge in [-0.25, -0.2) is 0 Å². The van der Waals surface area contributed by atoms with Gasteiger partial charge in [-0.2, -0.15) is 0 Å². The van der Waals surface area contributed by atoms with Crippen LogP contribution in [0.25, 0.3) is 0 Å². The zero-order valence-corrected chi connectivity index (χ0v) is 10.2. The highest BCUT2D eigenvalue weighted by atomic mass is 16.6. The first-order valence-electron chi connectivity index (χ1n) is 5.81. The third kappa shape index (κ3) is 3.64. The Morgan fingerprint density at radius 1 is 1.21 bits per heavy atom. The summed E-state index contributed by atoms with van der Waals surface area (Å²) in [5.74, 6) is 1.24. The Labute approximate surface area is 109 Å². The summed E-state index contributed by atoms with van der Waals surface area (Å²) in [6.45, 7) is 0.893. The lowest BCUT2D eigenvalue weighted by Crippen LogP contribution is -2.12. The fraction of sp³-hybridized carbons (Fsp3) is 0.231. The molecule has 6 heteroatoms. The number of benzene rings is 1. The highest BCUT2D eigenvalue weighted by Gasteiger charge is 2.05. The summed E-state index contributed by atoms with van der Waals surface area (Å²) in [5, 5.41) is 22.6. The molecule has 0 radical (unpaired) electrons. The normalized spacial score (nSPS) is 10.6. The molecular formula is C13H14N2O4. The summed E-state index contributed by atoms with van der Waals surface area (Å²) in [4.78, 5) is 10.2. The first-order chi connectivity index (χ1) is 9.19. The number of nitrogens with one attached hydrogen (secondary N) is 1. The molecule has 0 saturated carbocycles. The van der Waals surface area contributed by atoms with Crippen LogP contribution in [0.5, 0.6) is 0 Å².